The first kappa shape index (κ1) is 12.4. The molecule has 0 unspecified atom stereocenters. The number of halogens is 1. The maximum absolute atomic E-state index is 12.8. The number of rotatable bonds is 4. The van der Waals surface area contributed by atoms with Crippen molar-refractivity contribution in [3.05, 3.63) is 24.3 Å². The lowest BCUT2D eigenvalue weighted by Crippen LogP contribution is -2.28. The topological polar surface area (TPSA) is 68.3 Å². The second kappa shape index (κ2) is 5.07. The Morgan fingerprint density at radius 3 is 2.71 bits per heavy atom. The zero-order chi connectivity index (χ0) is 12.3. The highest BCUT2D eigenvalue weighted by Gasteiger charge is 2.21. The Kier molecular flexibility index (Phi) is 3.70. The van der Waals surface area contributed by atoms with Crippen LogP contribution in [0.4, 0.5) is 4.39 Å². The number of nitrogens with zero attached hydrogens (tertiary/aromatic N) is 1. The molecule has 1 saturated carbocycles. The highest BCUT2D eigenvalue weighted by molar-refractivity contribution is 7.89. The molecule has 0 amide bonds. The van der Waals surface area contributed by atoms with Crippen LogP contribution in [0.2, 0.25) is 0 Å². The van der Waals surface area contributed by atoms with Gasteiger partial charge in [-0.05, 0) is 18.9 Å². The fraction of sp³-hybridized carbons (Fsp3) is 0.500. The van der Waals surface area contributed by atoms with Crippen molar-refractivity contribution in [3.8, 4) is 0 Å². The van der Waals surface area contributed by atoms with E-state index in [2.05, 4.69) is 4.98 Å². The summed E-state index contributed by atoms with van der Waals surface area (Å²) in [6, 6.07) is 0.896. The van der Waals surface area contributed by atoms with Crippen LogP contribution in [0.25, 0.3) is 0 Å². The van der Waals surface area contributed by atoms with Gasteiger partial charge in [0.1, 0.15) is 10.7 Å². The quantitative estimate of drug-likeness (QED) is 0.830. The number of nitrogens with one attached hydrogen (secondary N) is 1. The third kappa shape index (κ3) is 3.21. The zero-order valence-electron chi connectivity index (χ0n) is 9.10. The number of hydrogen-bond donors (Lipinski definition) is 1. The summed E-state index contributed by atoms with van der Waals surface area (Å²) >= 11 is 0. The van der Waals surface area contributed by atoms with Gasteiger partial charge in [0.2, 0.25) is 0 Å². The SMILES string of the molecule is O=S(=O)(NOC1CCCC1)c1cncc(F)c1. The molecule has 1 aliphatic rings. The van der Waals surface area contributed by atoms with Crippen molar-refractivity contribution in [1.82, 2.24) is 9.87 Å². The van der Waals surface area contributed by atoms with E-state index in [1.165, 1.54) is 0 Å². The first-order chi connectivity index (χ1) is 8.08. The summed E-state index contributed by atoms with van der Waals surface area (Å²) in [5.74, 6) is -0.700. The average molecular weight is 260 g/mol. The molecule has 17 heavy (non-hydrogen) atoms. The van der Waals surface area contributed by atoms with Gasteiger partial charge in [-0.2, -0.15) is 0 Å². The van der Waals surface area contributed by atoms with Crippen molar-refractivity contribution < 1.29 is 17.6 Å². The van der Waals surface area contributed by atoms with Crippen molar-refractivity contribution in [3.63, 3.8) is 0 Å². The van der Waals surface area contributed by atoms with Gasteiger partial charge in [0.05, 0.1) is 12.3 Å². The van der Waals surface area contributed by atoms with E-state index in [-0.39, 0.29) is 11.0 Å². The Labute approximate surface area is 99.0 Å². The molecule has 1 N–H and O–H groups in total. The summed E-state index contributed by atoms with van der Waals surface area (Å²) in [6.45, 7) is 0. The standard InChI is InChI=1S/C10H13FN2O3S/c11-8-5-10(7-12-6-8)17(14,15)13-16-9-3-1-2-4-9/h5-7,9,13H,1-4H2. The largest absolute Gasteiger partial charge is 0.284 e. The maximum Gasteiger partial charge on any atom is 0.264 e. The Morgan fingerprint density at radius 1 is 1.35 bits per heavy atom. The lowest BCUT2D eigenvalue weighted by Gasteiger charge is -2.11. The normalized spacial score (nSPS) is 17.5. The predicted octanol–water partition coefficient (Wildman–Crippen LogP) is 1.37. The molecule has 0 aliphatic heterocycles. The summed E-state index contributed by atoms with van der Waals surface area (Å²) in [5.41, 5.74) is 0. The van der Waals surface area contributed by atoms with Crippen molar-refractivity contribution >= 4 is 10.0 Å². The number of aromatic nitrogens is 1. The minimum absolute atomic E-state index is 0.0914. The van der Waals surface area contributed by atoms with E-state index in [4.69, 9.17) is 4.84 Å². The minimum Gasteiger partial charge on any atom is -0.284 e. The first-order valence-corrected chi connectivity index (χ1v) is 6.84. The molecule has 0 atom stereocenters. The van der Waals surface area contributed by atoms with Crippen molar-refractivity contribution in [2.45, 2.75) is 36.7 Å². The van der Waals surface area contributed by atoms with Crippen molar-refractivity contribution in [2.24, 2.45) is 0 Å². The molecule has 1 heterocycles. The van der Waals surface area contributed by atoms with Crippen LogP contribution in [0.15, 0.2) is 23.4 Å². The molecule has 0 spiro atoms. The van der Waals surface area contributed by atoms with Gasteiger partial charge < -0.3 is 0 Å². The van der Waals surface area contributed by atoms with Gasteiger partial charge in [0.25, 0.3) is 10.0 Å². The summed E-state index contributed by atoms with van der Waals surface area (Å²) in [6.07, 6.45) is 5.67. The number of hydrogen-bond acceptors (Lipinski definition) is 4. The van der Waals surface area contributed by atoms with Crippen LogP contribution in [0.5, 0.6) is 0 Å². The first-order valence-electron chi connectivity index (χ1n) is 5.36. The van der Waals surface area contributed by atoms with Gasteiger partial charge >= 0.3 is 0 Å². The molecule has 0 radical (unpaired) electrons. The molecule has 1 aromatic rings. The molecule has 1 aromatic heterocycles. The fourth-order valence-corrected chi connectivity index (χ4v) is 2.55. The van der Waals surface area contributed by atoms with Crippen LogP contribution in [0.3, 0.4) is 0 Å². The second-order valence-corrected chi connectivity index (χ2v) is 5.59. The molecule has 7 heteroatoms. The highest BCUT2D eigenvalue weighted by Crippen LogP contribution is 2.20. The molecule has 2 rings (SSSR count). The van der Waals surface area contributed by atoms with E-state index >= 15 is 0 Å². The molecule has 94 valence electrons. The van der Waals surface area contributed by atoms with Crippen LogP contribution in [-0.4, -0.2) is 19.5 Å². The second-order valence-electron chi connectivity index (χ2n) is 3.95. The molecular weight excluding hydrogens is 247 g/mol. The van der Waals surface area contributed by atoms with Gasteiger partial charge in [0, 0.05) is 6.20 Å². The van der Waals surface area contributed by atoms with Crippen LogP contribution in [0.1, 0.15) is 25.7 Å². The van der Waals surface area contributed by atoms with Gasteiger partial charge in [-0.3, -0.25) is 9.82 Å². The van der Waals surface area contributed by atoms with Gasteiger partial charge in [-0.1, -0.05) is 17.7 Å². The Bertz CT molecular complexity index is 486. The molecule has 0 bridgehead atoms. The monoisotopic (exact) mass is 260 g/mol. The van der Waals surface area contributed by atoms with Gasteiger partial charge in [-0.15, -0.1) is 0 Å². The molecule has 0 aromatic carbocycles. The van der Waals surface area contributed by atoms with E-state index < -0.39 is 15.8 Å². The Hall–Kier alpha value is -1.05. The van der Waals surface area contributed by atoms with Crippen LogP contribution in [-0.2, 0) is 14.9 Å². The summed E-state index contributed by atoms with van der Waals surface area (Å²) in [5, 5.41) is 0. The molecule has 1 aliphatic carbocycles. The van der Waals surface area contributed by atoms with E-state index in [9.17, 15) is 12.8 Å². The van der Waals surface area contributed by atoms with E-state index in [0.29, 0.717) is 0 Å². The number of pyridine rings is 1. The van der Waals surface area contributed by atoms with Gasteiger partial charge in [-0.25, -0.2) is 12.8 Å². The maximum atomic E-state index is 12.8. The summed E-state index contributed by atoms with van der Waals surface area (Å²) in [4.78, 5) is 10.3. The number of sulfonamides is 1. The van der Waals surface area contributed by atoms with Crippen LogP contribution in [0, 0.1) is 5.82 Å². The van der Waals surface area contributed by atoms with Crippen molar-refractivity contribution in [2.75, 3.05) is 0 Å². The molecule has 0 saturated heterocycles. The van der Waals surface area contributed by atoms with Crippen molar-refractivity contribution in [1.29, 1.82) is 0 Å². The summed E-state index contributed by atoms with van der Waals surface area (Å²) < 4.78 is 36.2. The smallest absolute Gasteiger partial charge is 0.264 e. The zero-order valence-corrected chi connectivity index (χ0v) is 9.91. The Balaban J connectivity index is 2.03. The highest BCUT2D eigenvalue weighted by atomic mass is 32.2. The van der Waals surface area contributed by atoms with Crippen LogP contribution < -0.4 is 4.89 Å². The van der Waals surface area contributed by atoms with E-state index in [1.807, 2.05) is 4.89 Å². The van der Waals surface area contributed by atoms with Crippen LogP contribution >= 0.6 is 0 Å². The van der Waals surface area contributed by atoms with E-state index in [0.717, 1.165) is 44.1 Å². The lowest BCUT2D eigenvalue weighted by molar-refractivity contribution is 0.0223. The predicted molar refractivity (Wildman–Crippen MR) is 57.9 cm³/mol. The minimum atomic E-state index is -3.84. The third-order valence-corrected chi connectivity index (χ3v) is 3.78. The molecule has 5 nitrogen and oxygen atoms in total. The molecule has 1 fully saturated rings. The Morgan fingerprint density at radius 2 is 2.06 bits per heavy atom. The fourth-order valence-electron chi connectivity index (χ4n) is 1.73. The average Bonchev–Trinajstić information content (AvgIpc) is 2.79. The summed E-state index contributed by atoms with van der Waals surface area (Å²) in [7, 11) is -3.84. The third-order valence-electron chi connectivity index (χ3n) is 2.62. The lowest BCUT2D eigenvalue weighted by atomic mass is 10.3. The van der Waals surface area contributed by atoms with E-state index in [1.54, 1.807) is 0 Å². The molecular formula is C10H13FN2O3S. The van der Waals surface area contributed by atoms with Gasteiger partial charge in [0.15, 0.2) is 0 Å².